The molecule has 10 heteroatoms. The van der Waals surface area contributed by atoms with Gasteiger partial charge in [-0.25, -0.2) is 13.8 Å². The minimum atomic E-state index is -3.14. The second-order valence-corrected chi connectivity index (χ2v) is 9.16. The molecule has 0 spiro atoms. The lowest BCUT2D eigenvalue weighted by Gasteiger charge is -2.35. The number of fused-ring (bicyclic) bond motifs is 9. The molecule has 1 saturated heterocycles. The molecule has 1 fully saturated rings. The number of imidazole rings is 1. The number of ether oxygens (including phenoxy) is 1. The Balaban J connectivity index is 1.44. The standard InChI is InChI=1S/C26H22F4N4O2/c1-32-20-10-19(23-16(25(32)35)3-2-4-21(23)36-26(29)30)34-18-9-14(7-8-17(18)31-24(20)34)5-6-15-11-33(12-15)13-22(27)28/h2-4,7-9,15,19-20,22,26H,10-13H2,1H3/t19-,20-/m1/s1/i1D3. The zero-order valence-corrected chi connectivity index (χ0v) is 18.8. The van der Waals surface area contributed by atoms with Crippen LogP contribution in [-0.4, -0.2) is 64.9 Å². The molecule has 6 nitrogen and oxygen atoms in total. The van der Waals surface area contributed by atoms with Gasteiger partial charge < -0.3 is 14.2 Å². The molecule has 0 unspecified atom stereocenters. The third-order valence-corrected chi connectivity index (χ3v) is 6.92. The van der Waals surface area contributed by atoms with Crippen molar-refractivity contribution in [1.82, 2.24) is 19.4 Å². The highest BCUT2D eigenvalue weighted by molar-refractivity contribution is 5.97. The fraction of sp³-hybridized carbons (Fsp3) is 0.385. The molecule has 2 aromatic carbocycles. The topological polar surface area (TPSA) is 50.6 Å². The average molecular weight is 501 g/mol. The Kier molecular flexibility index (Phi) is 4.64. The molecule has 0 N–H and O–H groups in total. The summed E-state index contributed by atoms with van der Waals surface area (Å²) in [5.74, 6) is 5.49. The molecule has 36 heavy (non-hydrogen) atoms. The number of aromatic nitrogens is 2. The van der Waals surface area contributed by atoms with Gasteiger partial charge in [0.1, 0.15) is 11.6 Å². The van der Waals surface area contributed by atoms with Crippen LogP contribution in [0.1, 0.15) is 49.9 Å². The second kappa shape index (κ2) is 8.52. The zero-order chi connectivity index (χ0) is 27.6. The number of likely N-dealkylation sites (tertiary alicyclic amines) is 1. The zero-order valence-electron chi connectivity index (χ0n) is 21.8. The molecular weight excluding hydrogens is 476 g/mol. The summed E-state index contributed by atoms with van der Waals surface area (Å²) in [5, 5.41) is 0. The van der Waals surface area contributed by atoms with Crippen LogP contribution >= 0.6 is 0 Å². The first-order valence-electron chi connectivity index (χ1n) is 13.0. The Labute approximate surface area is 208 Å². The molecule has 0 saturated carbocycles. The van der Waals surface area contributed by atoms with E-state index in [1.165, 1.54) is 18.2 Å². The van der Waals surface area contributed by atoms with Crippen molar-refractivity contribution in [2.24, 2.45) is 5.92 Å². The summed E-state index contributed by atoms with van der Waals surface area (Å²) in [6.45, 7) is -5.29. The number of amides is 1. The normalized spacial score (nSPS) is 22.9. The van der Waals surface area contributed by atoms with Gasteiger partial charge in [-0.15, -0.1) is 0 Å². The van der Waals surface area contributed by atoms with E-state index in [1.807, 2.05) is 0 Å². The lowest BCUT2D eigenvalue weighted by Crippen LogP contribution is -2.47. The number of hydrogen-bond acceptors (Lipinski definition) is 4. The van der Waals surface area contributed by atoms with Crippen LogP contribution in [0.15, 0.2) is 36.4 Å². The molecule has 186 valence electrons. The van der Waals surface area contributed by atoms with E-state index in [4.69, 9.17) is 8.85 Å². The maximum Gasteiger partial charge on any atom is 0.387 e. The van der Waals surface area contributed by atoms with E-state index in [0.717, 1.165) is 4.90 Å². The summed E-state index contributed by atoms with van der Waals surface area (Å²) in [6, 6.07) is 7.79. The molecule has 2 bridgehead atoms. The smallest absolute Gasteiger partial charge is 0.387 e. The van der Waals surface area contributed by atoms with Crippen molar-refractivity contribution in [3.8, 4) is 17.6 Å². The molecule has 3 aliphatic heterocycles. The van der Waals surface area contributed by atoms with Crippen LogP contribution in [0.25, 0.3) is 11.0 Å². The van der Waals surface area contributed by atoms with Crippen LogP contribution in [-0.2, 0) is 0 Å². The van der Waals surface area contributed by atoms with Crippen LogP contribution in [0.2, 0.25) is 0 Å². The van der Waals surface area contributed by atoms with Crippen LogP contribution in [0.4, 0.5) is 17.6 Å². The number of hydrogen-bond donors (Lipinski definition) is 0. The van der Waals surface area contributed by atoms with Gasteiger partial charge in [0.15, 0.2) is 0 Å². The van der Waals surface area contributed by atoms with Gasteiger partial charge in [-0.3, -0.25) is 9.69 Å². The molecular formula is C26H22F4N4O2. The van der Waals surface area contributed by atoms with Gasteiger partial charge in [0.2, 0.25) is 0 Å². The van der Waals surface area contributed by atoms with E-state index in [-0.39, 0.29) is 35.8 Å². The lowest BCUT2D eigenvalue weighted by molar-refractivity contribution is -0.0507. The minimum Gasteiger partial charge on any atom is -0.434 e. The van der Waals surface area contributed by atoms with Crippen molar-refractivity contribution < 1.29 is 31.2 Å². The first-order valence-corrected chi connectivity index (χ1v) is 11.5. The van der Waals surface area contributed by atoms with E-state index in [0.29, 0.717) is 35.5 Å². The van der Waals surface area contributed by atoms with Gasteiger partial charge in [0.25, 0.3) is 12.3 Å². The van der Waals surface area contributed by atoms with Crippen LogP contribution < -0.4 is 4.74 Å². The number of rotatable bonds is 4. The summed E-state index contributed by atoms with van der Waals surface area (Å²) in [7, 11) is 0. The first kappa shape index (κ1) is 19.6. The average Bonchev–Trinajstić information content (AvgIpc) is 3.32. The van der Waals surface area contributed by atoms with Crippen LogP contribution in [0.3, 0.4) is 0 Å². The lowest BCUT2D eigenvalue weighted by atomic mass is 9.97. The van der Waals surface area contributed by atoms with E-state index in [9.17, 15) is 22.4 Å². The van der Waals surface area contributed by atoms with Crippen molar-refractivity contribution in [3.05, 3.63) is 58.9 Å². The maximum absolute atomic E-state index is 13.5. The minimum absolute atomic E-state index is 0.0152. The van der Waals surface area contributed by atoms with Crippen molar-refractivity contribution in [3.63, 3.8) is 0 Å². The van der Waals surface area contributed by atoms with Gasteiger partial charge in [0, 0.05) is 53.2 Å². The number of carbonyl (C=O) groups excluding carboxylic acids is 1. The van der Waals surface area contributed by atoms with Gasteiger partial charge in [-0.1, -0.05) is 17.9 Å². The SMILES string of the molecule is [2H]C([2H])([2H])N1C(=O)c2cccc(OC(F)F)c2[C@H]2C[C@@H]1c1nc3ccc(C#CC4CN(CC(F)F)C4)cc3n12. The summed E-state index contributed by atoms with van der Waals surface area (Å²) >= 11 is 0. The number of benzene rings is 2. The van der Waals surface area contributed by atoms with Crippen molar-refractivity contribution >= 4 is 16.9 Å². The summed E-state index contributed by atoms with van der Waals surface area (Å²) in [6.07, 6.45) is -2.26. The highest BCUT2D eigenvalue weighted by atomic mass is 19.3. The highest BCUT2D eigenvalue weighted by Gasteiger charge is 2.45. The Morgan fingerprint density at radius 2 is 2.03 bits per heavy atom. The molecule has 0 aliphatic carbocycles. The van der Waals surface area contributed by atoms with E-state index >= 15 is 0 Å². The monoisotopic (exact) mass is 501 g/mol. The molecule has 4 heterocycles. The van der Waals surface area contributed by atoms with Crippen molar-refractivity contribution in [2.45, 2.75) is 31.5 Å². The van der Waals surface area contributed by atoms with Gasteiger partial charge in [-0.05, 0) is 30.3 Å². The molecule has 3 aliphatic rings. The molecule has 1 amide bonds. The Morgan fingerprint density at radius 3 is 2.78 bits per heavy atom. The van der Waals surface area contributed by atoms with Gasteiger partial charge in [0.05, 0.1) is 29.7 Å². The predicted molar refractivity (Wildman–Crippen MR) is 123 cm³/mol. The quantitative estimate of drug-likeness (QED) is 0.395. The third kappa shape index (κ3) is 3.69. The molecule has 2 atom stereocenters. The first-order chi connectivity index (χ1) is 18.5. The third-order valence-electron chi connectivity index (χ3n) is 6.92. The predicted octanol–water partition coefficient (Wildman–Crippen LogP) is 4.31. The van der Waals surface area contributed by atoms with Crippen LogP contribution in [0.5, 0.6) is 5.75 Å². The number of alkyl halides is 4. The molecule has 6 rings (SSSR count). The largest absolute Gasteiger partial charge is 0.434 e. The fourth-order valence-electron chi connectivity index (χ4n) is 5.38. The van der Waals surface area contributed by atoms with E-state index in [2.05, 4.69) is 16.8 Å². The van der Waals surface area contributed by atoms with Gasteiger partial charge in [-0.2, -0.15) is 8.78 Å². The number of nitrogens with zero attached hydrogens (tertiary/aromatic N) is 4. The van der Waals surface area contributed by atoms with Crippen LogP contribution in [0, 0.1) is 17.8 Å². The maximum atomic E-state index is 13.5. The molecule has 0 radical (unpaired) electrons. The second-order valence-electron chi connectivity index (χ2n) is 9.16. The molecule has 1 aromatic heterocycles. The highest BCUT2D eigenvalue weighted by Crippen LogP contribution is 2.49. The Hall–Kier alpha value is -3.58. The Morgan fingerprint density at radius 1 is 1.19 bits per heavy atom. The van der Waals surface area contributed by atoms with Crippen molar-refractivity contribution in [2.75, 3.05) is 26.6 Å². The number of halogens is 4. The van der Waals surface area contributed by atoms with Crippen molar-refractivity contribution in [1.29, 1.82) is 0 Å². The van der Waals surface area contributed by atoms with Gasteiger partial charge >= 0.3 is 6.61 Å². The summed E-state index contributed by atoms with van der Waals surface area (Å²) < 4.78 is 82.5. The fourth-order valence-corrected chi connectivity index (χ4v) is 5.38. The Bertz CT molecular complexity index is 1530. The van der Waals surface area contributed by atoms with E-state index in [1.54, 1.807) is 27.7 Å². The van der Waals surface area contributed by atoms with E-state index < -0.39 is 38.0 Å². The summed E-state index contributed by atoms with van der Waals surface area (Å²) in [5.41, 5.74) is 1.94. The number of carbonyl (C=O) groups is 1. The molecule has 3 aromatic rings. The summed E-state index contributed by atoms with van der Waals surface area (Å²) in [4.78, 5) is 20.6.